The number of carbonyl (C=O) groups excluding carboxylic acids is 1. The second-order valence-electron chi connectivity index (χ2n) is 7.64. The van der Waals surface area contributed by atoms with Gasteiger partial charge in [0.05, 0.1) is 24.9 Å². The Bertz CT molecular complexity index is 1070. The number of fused-ring (bicyclic) bond motifs is 1. The summed E-state index contributed by atoms with van der Waals surface area (Å²) in [5, 5.41) is 7.37. The van der Waals surface area contributed by atoms with Crippen LogP contribution in [0.1, 0.15) is 40.5 Å². The zero-order valence-electron chi connectivity index (χ0n) is 16.6. The normalized spacial score (nSPS) is 20.6. The number of ether oxygens (including phenoxy) is 2. The van der Waals surface area contributed by atoms with Crippen LogP contribution >= 0.6 is 0 Å². The molecule has 1 N–H and O–H groups in total. The fraction of sp³-hybridized carbons (Fsp3) is 0.304. The van der Waals surface area contributed by atoms with Gasteiger partial charge in [0.2, 0.25) is 0 Å². The van der Waals surface area contributed by atoms with Crippen molar-refractivity contribution in [2.45, 2.75) is 25.0 Å². The standard InChI is InChI=1S/C23H22FN3O3/c1-29-17-9-7-14(8-10-17)20-19-21(26-25-20)23(28)27(13-18-6-3-11-30-18)22(19)15-4-2-5-16(24)12-15/h2,4-5,7-10,12,18,22H,3,6,11,13H2,1H3,(H,25,26). The van der Waals surface area contributed by atoms with Gasteiger partial charge in [-0.25, -0.2) is 4.39 Å². The highest BCUT2D eigenvalue weighted by atomic mass is 19.1. The number of nitrogens with zero attached hydrogens (tertiary/aromatic N) is 2. The SMILES string of the molecule is COc1ccc(-c2n[nH]c3c2C(c2cccc(F)c2)N(CC2CCCO2)C3=O)cc1. The minimum absolute atomic E-state index is 0.00795. The van der Waals surface area contributed by atoms with Crippen molar-refractivity contribution < 1.29 is 18.7 Å². The molecule has 154 valence electrons. The van der Waals surface area contributed by atoms with E-state index < -0.39 is 6.04 Å². The number of aromatic amines is 1. The van der Waals surface area contributed by atoms with Gasteiger partial charge in [-0.1, -0.05) is 12.1 Å². The number of nitrogens with one attached hydrogen (secondary N) is 1. The maximum Gasteiger partial charge on any atom is 0.273 e. The predicted octanol–water partition coefficient (Wildman–Crippen LogP) is 3.95. The predicted molar refractivity (Wildman–Crippen MR) is 109 cm³/mol. The first-order chi connectivity index (χ1) is 14.7. The van der Waals surface area contributed by atoms with Crippen molar-refractivity contribution in [2.24, 2.45) is 0 Å². The van der Waals surface area contributed by atoms with E-state index in [0.717, 1.165) is 35.3 Å². The molecule has 3 heterocycles. The number of amides is 1. The minimum atomic E-state index is -0.428. The first-order valence-electron chi connectivity index (χ1n) is 10.1. The van der Waals surface area contributed by atoms with Crippen molar-refractivity contribution in [2.75, 3.05) is 20.3 Å². The number of methoxy groups -OCH3 is 1. The Hall–Kier alpha value is -3.19. The quantitative estimate of drug-likeness (QED) is 0.696. The largest absolute Gasteiger partial charge is 0.497 e. The third-order valence-corrected chi connectivity index (χ3v) is 5.82. The lowest BCUT2D eigenvalue weighted by atomic mass is 9.96. The molecule has 1 aromatic heterocycles. The fourth-order valence-electron chi connectivity index (χ4n) is 4.38. The molecule has 2 atom stereocenters. The summed E-state index contributed by atoms with van der Waals surface area (Å²) < 4.78 is 25.1. The van der Waals surface area contributed by atoms with Gasteiger partial charge in [0, 0.05) is 24.3 Å². The summed E-state index contributed by atoms with van der Waals surface area (Å²) in [6.07, 6.45) is 1.89. The molecular formula is C23H22FN3O3. The highest BCUT2D eigenvalue weighted by molar-refractivity contribution is 6.00. The van der Waals surface area contributed by atoms with E-state index in [1.54, 1.807) is 18.1 Å². The van der Waals surface area contributed by atoms with Gasteiger partial charge in [0.25, 0.3) is 5.91 Å². The van der Waals surface area contributed by atoms with Crippen LogP contribution in [-0.2, 0) is 4.74 Å². The van der Waals surface area contributed by atoms with Crippen LogP contribution in [0.4, 0.5) is 4.39 Å². The fourth-order valence-corrected chi connectivity index (χ4v) is 4.38. The van der Waals surface area contributed by atoms with E-state index in [1.165, 1.54) is 12.1 Å². The average molecular weight is 407 g/mol. The topological polar surface area (TPSA) is 67.4 Å². The lowest BCUT2D eigenvalue weighted by Crippen LogP contribution is -2.36. The van der Waals surface area contributed by atoms with Gasteiger partial charge >= 0.3 is 0 Å². The summed E-state index contributed by atoms with van der Waals surface area (Å²) in [6.45, 7) is 1.17. The van der Waals surface area contributed by atoms with Gasteiger partial charge in [-0.3, -0.25) is 9.89 Å². The molecule has 2 aromatic carbocycles. The van der Waals surface area contributed by atoms with Crippen molar-refractivity contribution in [1.29, 1.82) is 0 Å². The Kier molecular flexibility index (Phi) is 4.75. The molecule has 0 spiro atoms. The Morgan fingerprint density at radius 3 is 2.80 bits per heavy atom. The molecule has 0 saturated carbocycles. The maximum absolute atomic E-state index is 14.1. The number of hydrogen-bond acceptors (Lipinski definition) is 4. The molecule has 7 heteroatoms. The van der Waals surface area contributed by atoms with Gasteiger partial charge in [-0.15, -0.1) is 0 Å². The number of benzene rings is 2. The monoisotopic (exact) mass is 407 g/mol. The molecule has 5 rings (SSSR count). The Morgan fingerprint density at radius 1 is 1.27 bits per heavy atom. The van der Waals surface area contributed by atoms with Crippen LogP contribution in [0.25, 0.3) is 11.3 Å². The van der Waals surface area contributed by atoms with Gasteiger partial charge in [0.1, 0.15) is 17.3 Å². The number of H-pyrrole nitrogens is 1. The molecule has 0 radical (unpaired) electrons. The van der Waals surface area contributed by atoms with Crippen LogP contribution in [0.3, 0.4) is 0 Å². The van der Waals surface area contributed by atoms with Crippen molar-refractivity contribution in [3.8, 4) is 17.0 Å². The van der Waals surface area contributed by atoms with Crippen LogP contribution in [0.15, 0.2) is 48.5 Å². The van der Waals surface area contributed by atoms with Gasteiger partial charge in [0.15, 0.2) is 0 Å². The molecule has 2 aliphatic heterocycles. The average Bonchev–Trinajstić information content (AvgIpc) is 3.48. The summed E-state index contributed by atoms with van der Waals surface area (Å²) in [4.78, 5) is 15.1. The summed E-state index contributed by atoms with van der Waals surface area (Å²) >= 11 is 0. The first kappa shape index (κ1) is 18.8. The zero-order valence-corrected chi connectivity index (χ0v) is 16.6. The molecule has 2 unspecified atom stereocenters. The molecule has 0 bridgehead atoms. The zero-order chi connectivity index (χ0) is 20.7. The van der Waals surface area contributed by atoms with E-state index in [2.05, 4.69) is 10.2 Å². The summed E-state index contributed by atoms with van der Waals surface area (Å²) in [7, 11) is 1.61. The van der Waals surface area contributed by atoms with Crippen molar-refractivity contribution in [1.82, 2.24) is 15.1 Å². The van der Waals surface area contributed by atoms with E-state index >= 15 is 0 Å². The van der Waals surface area contributed by atoms with Crippen molar-refractivity contribution >= 4 is 5.91 Å². The molecule has 3 aromatic rings. The van der Waals surface area contributed by atoms with Crippen LogP contribution < -0.4 is 4.74 Å². The van der Waals surface area contributed by atoms with Crippen molar-refractivity contribution in [3.63, 3.8) is 0 Å². The van der Waals surface area contributed by atoms with E-state index in [1.807, 2.05) is 30.3 Å². The number of aromatic nitrogens is 2. The summed E-state index contributed by atoms with van der Waals surface area (Å²) in [5.41, 5.74) is 3.49. The molecule has 2 aliphatic rings. The highest BCUT2D eigenvalue weighted by Gasteiger charge is 2.43. The van der Waals surface area contributed by atoms with E-state index in [9.17, 15) is 9.18 Å². The Morgan fingerprint density at radius 2 is 2.10 bits per heavy atom. The molecule has 0 aliphatic carbocycles. The number of halogens is 1. The molecule has 30 heavy (non-hydrogen) atoms. The second-order valence-corrected chi connectivity index (χ2v) is 7.64. The summed E-state index contributed by atoms with van der Waals surface area (Å²) in [5.74, 6) is 0.269. The third kappa shape index (κ3) is 3.15. The number of rotatable bonds is 5. The minimum Gasteiger partial charge on any atom is -0.497 e. The van der Waals surface area contributed by atoms with E-state index in [0.29, 0.717) is 24.5 Å². The van der Waals surface area contributed by atoms with Crippen LogP contribution in [0.5, 0.6) is 5.75 Å². The Labute approximate surface area is 173 Å². The van der Waals surface area contributed by atoms with Crippen LogP contribution in [-0.4, -0.2) is 47.4 Å². The van der Waals surface area contributed by atoms with Gasteiger partial charge < -0.3 is 14.4 Å². The first-order valence-corrected chi connectivity index (χ1v) is 10.1. The Balaban J connectivity index is 1.61. The van der Waals surface area contributed by atoms with Gasteiger partial charge in [-0.05, 0) is 54.8 Å². The van der Waals surface area contributed by atoms with Crippen molar-refractivity contribution in [3.05, 3.63) is 71.2 Å². The molecule has 1 amide bonds. The molecular weight excluding hydrogens is 385 g/mol. The van der Waals surface area contributed by atoms with Crippen LogP contribution in [0, 0.1) is 5.82 Å². The maximum atomic E-state index is 14.1. The van der Waals surface area contributed by atoms with E-state index in [4.69, 9.17) is 9.47 Å². The highest BCUT2D eigenvalue weighted by Crippen LogP contribution is 2.43. The summed E-state index contributed by atoms with van der Waals surface area (Å²) in [6, 6.07) is 13.5. The molecule has 6 nitrogen and oxygen atoms in total. The molecule has 1 fully saturated rings. The number of carbonyl (C=O) groups is 1. The number of hydrogen-bond donors (Lipinski definition) is 1. The smallest absolute Gasteiger partial charge is 0.273 e. The lowest BCUT2D eigenvalue weighted by molar-refractivity contribution is 0.0495. The molecule has 1 saturated heterocycles. The lowest BCUT2D eigenvalue weighted by Gasteiger charge is -2.28. The second kappa shape index (κ2) is 7.57. The van der Waals surface area contributed by atoms with Gasteiger partial charge in [-0.2, -0.15) is 5.10 Å². The third-order valence-electron chi connectivity index (χ3n) is 5.82. The van der Waals surface area contributed by atoms with E-state index in [-0.39, 0.29) is 17.8 Å². The van der Waals surface area contributed by atoms with Crippen LogP contribution in [0.2, 0.25) is 0 Å².